The summed E-state index contributed by atoms with van der Waals surface area (Å²) in [6, 6.07) is -0.0843. The maximum atomic E-state index is 11.5. The van der Waals surface area contributed by atoms with Crippen LogP contribution in [0.5, 0.6) is 0 Å². The van der Waals surface area contributed by atoms with Gasteiger partial charge in [-0.2, -0.15) is 0 Å². The van der Waals surface area contributed by atoms with Crippen molar-refractivity contribution in [1.82, 2.24) is 15.5 Å². The van der Waals surface area contributed by atoms with Crippen molar-refractivity contribution in [3.05, 3.63) is 0 Å². The van der Waals surface area contributed by atoms with Gasteiger partial charge in [0.15, 0.2) is 0 Å². The van der Waals surface area contributed by atoms with Gasteiger partial charge in [-0.1, -0.05) is 13.8 Å². The third-order valence-corrected chi connectivity index (χ3v) is 2.49. The zero-order valence-electron chi connectivity index (χ0n) is 10.1. The second kappa shape index (κ2) is 6.48. The first-order valence-electron chi connectivity index (χ1n) is 5.97. The molecule has 0 bridgehead atoms. The van der Waals surface area contributed by atoms with Gasteiger partial charge in [-0.25, -0.2) is 0 Å². The Morgan fingerprint density at radius 3 is 2.44 bits per heavy atom. The van der Waals surface area contributed by atoms with E-state index in [2.05, 4.69) is 10.6 Å². The van der Waals surface area contributed by atoms with Gasteiger partial charge in [0, 0.05) is 19.6 Å². The molecule has 1 rings (SSSR count). The zero-order chi connectivity index (χ0) is 12.0. The highest BCUT2D eigenvalue weighted by molar-refractivity contribution is 5.86. The quantitative estimate of drug-likeness (QED) is 0.588. The van der Waals surface area contributed by atoms with Crippen LogP contribution in [0.15, 0.2) is 0 Å². The summed E-state index contributed by atoms with van der Waals surface area (Å²) in [4.78, 5) is 24.7. The molecule has 5 nitrogen and oxygen atoms in total. The molecule has 1 saturated heterocycles. The van der Waals surface area contributed by atoms with E-state index < -0.39 is 0 Å². The Hall–Kier alpha value is -1.10. The molecule has 1 aliphatic heterocycles. The van der Waals surface area contributed by atoms with Crippen LogP contribution in [0.1, 0.15) is 26.7 Å². The summed E-state index contributed by atoms with van der Waals surface area (Å²) in [5, 5.41) is 5.62. The molecular weight excluding hydrogens is 206 g/mol. The van der Waals surface area contributed by atoms with E-state index in [0.717, 1.165) is 12.8 Å². The summed E-state index contributed by atoms with van der Waals surface area (Å²) < 4.78 is 0. The van der Waals surface area contributed by atoms with E-state index in [4.69, 9.17) is 0 Å². The van der Waals surface area contributed by atoms with Crippen LogP contribution in [-0.4, -0.2) is 48.9 Å². The molecule has 0 saturated carbocycles. The van der Waals surface area contributed by atoms with Gasteiger partial charge in [-0.05, 0) is 12.8 Å². The van der Waals surface area contributed by atoms with Gasteiger partial charge in [-0.3, -0.25) is 14.5 Å². The lowest BCUT2D eigenvalue weighted by Gasteiger charge is -2.05. The molecule has 0 aromatic rings. The minimum atomic E-state index is -0.0843. The predicted octanol–water partition coefficient (Wildman–Crippen LogP) is -0.277. The minimum absolute atomic E-state index is 0.00708. The van der Waals surface area contributed by atoms with E-state index in [9.17, 15) is 9.59 Å². The lowest BCUT2D eigenvalue weighted by Crippen LogP contribution is -2.34. The molecule has 2 atom stereocenters. The lowest BCUT2D eigenvalue weighted by atomic mass is 10.4. The summed E-state index contributed by atoms with van der Waals surface area (Å²) in [5.41, 5.74) is 0. The van der Waals surface area contributed by atoms with Gasteiger partial charge < -0.3 is 10.6 Å². The molecule has 0 spiro atoms. The molecule has 1 aliphatic rings. The first kappa shape index (κ1) is 13.0. The fourth-order valence-corrected chi connectivity index (χ4v) is 1.47. The van der Waals surface area contributed by atoms with E-state index in [1.807, 2.05) is 18.7 Å². The molecule has 0 aromatic heterocycles. The topological polar surface area (TPSA) is 61.2 Å². The monoisotopic (exact) mass is 227 g/mol. The summed E-state index contributed by atoms with van der Waals surface area (Å²) in [6.07, 6.45) is 1.88. The first-order valence-corrected chi connectivity index (χ1v) is 5.97. The maximum Gasteiger partial charge on any atom is 0.238 e. The van der Waals surface area contributed by atoms with Gasteiger partial charge in [-0.15, -0.1) is 0 Å². The highest BCUT2D eigenvalue weighted by Crippen LogP contribution is 2.16. The largest absolute Gasteiger partial charge is 0.355 e. The Labute approximate surface area is 96.6 Å². The SMILES string of the molecule is CCCNC(=O)CN1C[C@H]1C(=O)NCCC. The zero-order valence-corrected chi connectivity index (χ0v) is 10.1. The average molecular weight is 227 g/mol. The fourth-order valence-electron chi connectivity index (χ4n) is 1.47. The van der Waals surface area contributed by atoms with Crippen molar-refractivity contribution >= 4 is 11.8 Å². The Morgan fingerprint density at radius 1 is 1.19 bits per heavy atom. The number of amides is 2. The molecule has 0 aliphatic carbocycles. The molecule has 92 valence electrons. The molecule has 1 heterocycles. The number of nitrogens with one attached hydrogen (secondary N) is 2. The average Bonchev–Trinajstić information content (AvgIpc) is 3.02. The predicted molar refractivity (Wildman–Crippen MR) is 62.0 cm³/mol. The van der Waals surface area contributed by atoms with Crippen LogP contribution in [0.3, 0.4) is 0 Å². The van der Waals surface area contributed by atoms with Crippen molar-refractivity contribution in [3.63, 3.8) is 0 Å². The van der Waals surface area contributed by atoms with E-state index in [0.29, 0.717) is 26.2 Å². The molecule has 1 unspecified atom stereocenters. The van der Waals surface area contributed by atoms with Crippen LogP contribution < -0.4 is 10.6 Å². The second-order valence-corrected chi connectivity index (χ2v) is 4.09. The van der Waals surface area contributed by atoms with Gasteiger partial charge in [0.1, 0.15) is 6.04 Å². The Kier molecular flexibility index (Phi) is 5.25. The normalized spacial score (nSPS) is 22.6. The van der Waals surface area contributed by atoms with Crippen molar-refractivity contribution in [2.24, 2.45) is 0 Å². The van der Waals surface area contributed by atoms with Crippen LogP contribution in [0, 0.1) is 0 Å². The molecule has 2 N–H and O–H groups in total. The Balaban J connectivity index is 2.13. The van der Waals surface area contributed by atoms with Gasteiger partial charge in [0.25, 0.3) is 0 Å². The van der Waals surface area contributed by atoms with Gasteiger partial charge in [0.05, 0.1) is 6.54 Å². The number of rotatable bonds is 7. The molecule has 1 fully saturated rings. The van der Waals surface area contributed by atoms with E-state index >= 15 is 0 Å². The van der Waals surface area contributed by atoms with Crippen molar-refractivity contribution in [2.45, 2.75) is 32.7 Å². The van der Waals surface area contributed by atoms with Crippen LogP contribution >= 0.6 is 0 Å². The second-order valence-electron chi connectivity index (χ2n) is 4.09. The summed E-state index contributed by atoms with van der Waals surface area (Å²) in [7, 11) is 0. The molecular formula is C11H21N3O2. The van der Waals surface area contributed by atoms with E-state index in [1.54, 1.807) is 0 Å². The molecule has 0 aromatic carbocycles. The van der Waals surface area contributed by atoms with E-state index in [1.165, 1.54) is 0 Å². The van der Waals surface area contributed by atoms with Crippen molar-refractivity contribution in [3.8, 4) is 0 Å². The number of carbonyl (C=O) groups is 2. The number of carbonyl (C=O) groups excluding carboxylic acids is 2. The standard InChI is InChI=1S/C11H21N3O2/c1-3-5-12-10(15)8-14-7-9(14)11(16)13-6-4-2/h9H,3-8H2,1-2H3,(H,12,15)(H,13,16)/t9-,14?/m0/s1. The Bertz CT molecular complexity index is 256. The third-order valence-electron chi connectivity index (χ3n) is 2.49. The fraction of sp³-hybridized carbons (Fsp3) is 0.818. The summed E-state index contributed by atoms with van der Waals surface area (Å²) >= 11 is 0. The lowest BCUT2D eigenvalue weighted by molar-refractivity contribution is -0.122. The number of nitrogens with zero attached hydrogens (tertiary/aromatic N) is 1. The maximum absolute atomic E-state index is 11.5. The van der Waals surface area contributed by atoms with Crippen molar-refractivity contribution in [1.29, 1.82) is 0 Å². The molecule has 0 radical (unpaired) electrons. The summed E-state index contributed by atoms with van der Waals surface area (Å²) in [6.45, 7) is 6.49. The third kappa shape index (κ3) is 4.18. The smallest absolute Gasteiger partial charge is 0.238 e. The Morgan fingerprint density at radius 2 is 1.81 bits per heavy atom. The summed E-state index contributed by atoms with van der Waals surface area (Å²) in [5.74, 6) is 0.0535. The van der Waals surface area contributed by atoms with Crippen molar-refractivity contribution in [2.75, 3.05) is 26.2 Å². The highest BCUT2D eigenvalue weighted by Gasteiger charge is 2.40. The van der Waals surface area contributed by atoms with Crippen LogP contribution in [0.4, 0.5) is 0 Å². The highest BCUT2D eigenvalue weighted by atomic mass is 16.2. The number of hydrogen-bond donors (Lipinski definition) is 2. The van der Waals surface area contributed by atoms with Crippen LogP contribution in [0.2, 0.25) is 0 Å². The first-order chi connectivity index (χ1) is 7.69. The number of hydrogen-bond acceptors (Lipinski definition) is 3. The molecule has 2 amide bonds. The van der Waals surface area contributed by atoms with Gasteiger partial charge >= 0.3 is 0 Å². The molecule has 16 heavy (non-hydrogen) atoms. The van der Waals surface area contributed by atoms with E-state index in [-0.39, 0.29) is 17.9 Å². The van der Waals surface area contributed by atoms with Gasteiger partial charge in [0.2, 0.25) is 11.8 Å². The van der Waals surface area contributed by atoms with Crippen LogP contribution in [0.25, 0.3) is 0 Å². The minimum Gasteiger partial charge on any atom is -0.355 e. The van der Waals surface area contributed by atoms with Crippen LogP contribution in [-0.2, 0) is 9.59 Å². The van der Waals surface area contributed by atoms with Crippen molar-refractivity contribution < 1.29 is 9.59 Å². The molecule has 5 heteroatoms.